The second kappa shape index (κ2) is 3.67. The van der Waals surface area contributed by atoms with E-state index in [1.165, 1.54) is 0 Å². The first-order valence-electron chi connectivity index (χ1n) is 3.20. The number of thioether (sulfide) groups is 1. The third-order valence-electron chi connectivity index (χ3n) is 1.01. The molecule has 0 radical (unpaired) electrons. The molecular formula is C6H12F3NS. The lowest BCUT2D eigenvalue weighted by molar-refractivity contribution is -0.0328. The number of alkyl halides is 3. The van der Waals surface area contributed by atoms with E-state index in [2.05, 4.69) is 0 Å². The van der Waals surface area contributed by atoms with Gasteiger partial charge in [-0.15, -0.1) is 0 Å². The van der Waals surface area contributed by atoms with Crippen molar-refractivity contribution in [3.8, 4) is 0 Å². The Kier molecular flexibility index (Phi) is 3.70. The summed E-state index contributed by atoms with van der Waals surface area (Å²) < 4.78 is 34.7. The Morgan fingerprint density at radius 1 is 1.27 bits per heavy atom. The van der Waals surface area contributed by atoms with Crippen molar-refractivity contribution in [3.63, 3.8) is 0 Å². The number of halogens is 3. The Hall–Kier alpha value is 0.100. The van der Waals surface area contributed by atoms with Crippen LogP contribution < -0.4 is 5.73 Å². The molecule has 2 N–H and O–H groups in total. The average Bonchev–Trinajstić information content (AvgIpc) is 1.55. The van der Waals surface area contributed by atoms with Gasteiger partial charge in [0.25, 0.3) is 0 Å². The van der Waals surface area contributed by atoms with Crippen molar-refractivity contribution in [3.05, 3.63) is 0 Å². The van der Waals surface area contributed by atoms with E-state index in [0.29, 0.717) is 6.42 Å². The highest BCUT2D eigenvalue weighted by molar-refractivity contribution is 8.00. The first kappa shape index (κ1) is 11.1. The molecule has 5 heteroatoms. The van der Waals surface area contributed by atoms with Crippen LogP contribution in [0.5, 0.6) is 0 Å². The molecule has 0 aliphatic heterocycles. The molecule has 0 aliphatic rings. The minimum Gasteiger partial charge on any atom is -0.326 e. The Morgan fingerprint density at radius 2 is 1.73 bits per heavy atom. The molecule has 0 aromatic carbocycles. The van der Waals surface area contributed by atoms with Crippen LogP contribution in [-0.2, 0) is 0 Å². The normalized spacial score (nSPS) is 13.6. The molecular weight excluding hydrogens is 175 g/mol. The third-order valence-corrected chi connectivity index (χ3v) is 1.75. The topological polar surface area (TPSA) is 26.0 Å². The van der Waals surface area contributed by atoms with Gasteiger partial charge in [-0.05, 0) is 20.3 Å². The van der Waals surface area contributed by atoms with E-state index >= 15 is 0 Å². The van der Waals surface area contributed by atoms with Crippen molar-refractivity contribution in [1.82, 2.24) is 0 Å². The second-order valence-corrected chi connectivity index (χ2v) is 4.19. The third kappa shape index (κ3) is 10.1. The van der Waals surface area contributed by atoms with Crippen LogP contribution in [0.15, 0.2) is 0 Å². The number of hydrogen-bond donors (Lipinski definition) is 1. The molecule has 0 fully saturated rings. The van der Waals surface area contributed by atoms with E-state index in [-0.39, 0.29) is 17.5 Å². The molecule has 0 atom stereocenters. The summed E-state index contributed by atoms with van der Waals surface area (Å²) in [6, 6.07) is 0. The second-order valence-electron chi connectivity index (χ2n) is 3.03. The van der Waals surface area contributed by atoms with Crippen molar-refractivity contribution in [2.45, 2.75) is 31.3 Å². The number of rotatable bonds is 3. The van der Waals surface area contributed by atoms with Crippen molar-refractivity contribution in [2.24, 2.45) is 5.73 Å². The number of hydrogen-bond acceptors (Lipinski definition) is 2. The van der Waals surface area contributed by atoms with Gasteiger partial charge < -0.3 is 5.73 Å². The maximum absolute atomic E-state index is 11.6. The van der Waals surface area contributed by atoms with E-state index in [0.717, 1.165) is 0 Å². The lowest BCUT2D eigenvalue weighted by Crippen LogP contribution is -2.32. The Bertz CT molecular complexity index is 102. The molecule has 0 amide bonds. The van der Waals surface area contributed by atoms with Gasteiger partial charge >= 0.3 is 5.51 Å². The maximum Gasteiger partial charge on any atom is 0.441 e. The molecule has 0 aromatic heterocycles. The summed E-state index contributed by atoms with van der Waals surface area (Å²) in [5.41, 5.74) is 0.863. The van der Waals surface area contributed by atoms with E-state index in [1.54, 1.807) is 13.8 Å². The van der Waals surface area contributed by atoms with Crippen molar-refractivity contribution < 1.29 is 13.2 Å². The maximum atomic E-state index is 11.6. The monoisotopic (exact) mass is 187 g/mol. The predicted octanol–water partition coefficient (Wildman–Crippen LogP) is 2.37. The molecule has 0 bridgehead atoms. The Balaban J connectivity index is 3.44. The quantitative estimate of drug-likeness (QED) is 0.734. The van der Waals surface area contributed by atoms with Crippen LogP contribution in [0.4, 0.5) is 13.2 Å². The first-order valence-corrected chi connectivity index (χ1v) is 4.19. The van der Waals surface area contributed by atoms with Crippen LogP contribution in [0.25, 0.3) is 0 Å². The highest BCUT2D eigenvalue weighted by Crippen LogP contribution is 2.31. The zero-order chi connectivity index (χ0) is 9.12. The van der Waals surface area contributed by atoms with Gasteiger partial charge in [-0.1, -0.05) is 11.8 Å². The standard InChI is InChI=1S/C6H12F3NS/c1-5(2,10)3-4-11-6(7,8)9/h3-4,10H2,1-2H3. The molecule has 0 unspecified atom stereocenters. The molecule has 0 saturated heterocycles. The van der Waals surface area contributed by atoms with Crippen molar-refractivity contribution >= 4 is 11.8 Å². The molecule has 11 heavy (non-hydrogen) atoms. The molecule has 0 aliphatic carbocycles. The zero-order valence-corrected chi connectivity index (χ0v) is 7.35. The van der Waals surface area contributed by atoms with Crippen LogP contribution in [0.3, 0.4) is 0 Å². The smallest absolute Gasteiger partial charge is 0.326 e. The number of nitrogens with two attached hydrogens (primary N) is 1. The minimum absolute atomic E-state index is 0.0196. The van der Waals surface area contributed by atoms with E-state index < -0.39 is 11.0 Å². The molecule has 0 saturated carbocycles. The molecule has 0 aromatic rings. The summed E-state index contributed by atoms with van der Waals surface area (Å²) in [7, 11) is 0. The van der Waals surface area contributed by atoms with Gasteiger partial charge in [0.05, 0.1) is 0 Å². The van der Waals surface area contributed by atoms with Crippen molar-refractivity contribution in [1.29, 1.82) is 0 Å². The van der Waals surface area contributed by atoms with Crippen LogP contribution in [0.2, 0.25) is 0 Å². The molecule has 1 nitrogen and oxygen atoms in total. The summed E-state index contributed by atoms with van der Waals surface area (Å²) in [5, 5.41) is 0. The van der Waals surface area contributed by atoms with Crippen LogP contribution >= 0.6 is 11.8 Å². The SMILES string of the molecule is CC(C)(N)CCSC(F)(F)F. The van der Waals surface area contributed by atoms with E-state index in [4.69, 9.17) is 5.73 Å². The summed E-state index contributed by atoms with van der Waals surface area (Å²) in [5.74, 6) is 0.0347. The van der Waals surface area contributed by atoms with Crippen LogP contribution in [0, 0.1) is 0 Å². The molecule has 0 heterocycles. The Labute approximate surface area is 68.5 Å². The largest absolute Gasteiger partial charge is 0.441 e. The van der Waals surface area contributed by atoms with E-state index in [1.807, 2.05) is 0 Å². The fourth-order valence-electron chi connectivity index (χ4n) is 0.430. The summed E-state index contributed by atoms with van der Waals surface area (Å²) in [4.78, 5) is 0. The lowest BCUT2D eigenvalue weighted by atomic mass is 10.0. The highest BCUT2D eigenvalue weighted by Gasteiger charge is 2.28. The Morgan fingerprint density at radius 3 is 2.00 bits per heavy atom. The van der Waals surface area contributed by atoms with Crippen LogP contribution in [0.1, 0.15) is 20.3 Å². The van der Waals surface area contributed by atoms with Gasteiger partial charge in [-0.25, -0.2) is 0 Å². The fraction of sp³-hybridized carbons (Fsp3) is 1.00. The summed E-state index contributed by atoms with van der Waals surface area (Å²) >= 11 is -0.0196. The fourth-order valence-corrected chi connectivity index (χ4v) is 1.29. The molecule has 0 rings (SSSR count). The average molecular weight is 187 g/mol. The first-order chi connectivity index (χ1) is 4.71. The van der Waals surface area contributed by atoms with Gasteiger partial charge in [-0.3, -0.25) is 0 Å². The van der Waals surface area contributed by atoms with Crippen LogP contribution in [-0.4, -0.2) is 16.8 Å². The molecule has 68 valence electrons. The summed E-state index contributed by atoms with van der Waals surface area (Å²) in [6.07, 6.45) is 0.372. The van der Waals surface area contributed by atoms with Gasteiger partial charge in [0.15, 0.2) is 0 Å². The minimum atomic E-state index is -4.12. The summed E-state index contributed by atoms with van der Waals surface area (Å²) in [6.45, 7) is 3.42. The van der Waals surface area contributed by atoms with Gasteiger partial charge in [-0.2, -0.15) is 13.2 Å². The van der Waals surface area contributed by atoms with Gasteiger partial charge in [0.2, 0.25) is 0 Å². The lowest BCUT2D eigenvalue weighted by Gasteiger charge is -2.17. The van der Waals surface area contributed by atoms with Crippen molar-refractivity contribution in [2.75, 3.05) is 5.75 Å². The zero-order valence-electron chi connectivity index (χ0n) is 6.53. The molecule has 0 spiro atoms. The highest BCUT2D eigenvalue weighted by atomic mass is 32.2. The van der Waals surface area contributed by atoms with Gasteiger partial charge in [0.1, 0.15) is 0 Å². The van der Waals surface area contributed by atoms with E-state index in [9.17, 15) is 13.2 Å². The predicted molar refractivity (Wildman–Crippen MR) is 41.4 cm³/mol. The van der Waals surface area contributed by atoms with Gasteiger partial charge in [0, 0.05) is 11.3 Å².